The van der Waals surface area contributed by atoms with Gasteiger partial charge in [-0.2, -0.15) is 0 Å². The van der Waals surface area contributed by atoms with Crippen molar-refractivity contribution >= 4 is 31.9 Å². The van der Waals surface area contributed by atoms with Crippen LogP contribution in [-0.2, 0) is 14.6 Å². The maximum Gasteiger partial charge on any atom is 0.192 e. The molecule has 0 N–H and O–H groups in total. The Hall–Kier alpha value is -3.56. The molecule has 0 aliphatic carbocycles. The van der Waals surface area contributed by atoms with Crippen molar-refractivity contribution in [3.8, 4) is 11.1 Å². The molecule has 1 aliphatic heterocycles. The lowest BCUT2D eigenvalue weighted by atomic mass is 9.86. The van der Waals surface area contributed by atoms with E-state index in [1.807, 2.05) is 44.3 Å². The SMILES string of the molecule is Cc1noc(C)c1-c1cnc2c3ccc(S(C)(=O)=O)nc3n(C(c3ccccc3)C3CCOCC3)c2c1. The van der Waals surface area contributed by atoms with Crippen molar-refractivity contribution in [1.29, 1.82) is 0 Å². The molecule has 0 saturated carbocycles. The molecule has 8 nitrogen and oxygen atoms in total. The number of fused-ring (bicyclic) bond motifs is 3. The zero-order valence-electron chi connectivity index (χ0n) is 21.0. The van der Waals surface area contributed by atoms with Gasteiger partial charge in [0.2, 0.25) is 0 Å². The predicted octanol–water partition coefficient (Wildman–Crippen LogP) is 5.28. The van der Waals surface area contributed by atoms with Crippen LogP contribution in [0.1, 0.15) is 35.9 Å². The fraction of sp³-hybridized carbons (Fsp3) is 0.321. The molecule has 5 heterocycles. The molecular formula is C28H28N4O4S. The minimum Gasteiger partial charge on any atom is -0.381 e. The third-order valence-corrected chi connectivity index (χ3v) is 8.28. The third kappa shape index (κ3) is 4.12. The van der Waals surface area contributed by atoms with Crippen LogP contribution < -0.4 is 0 Å². The van der Waals surface area contributed by atoms with Crippen molar-refractivity contribution < 1.29 is 17.7 Å². The molecule has 9 heteroatoms. The van der Waals surface area contributed by atoms with Crippen LogP contribution >= 0.6 is 0 Å². The second-order valence-corrected chi connectivity index (χ2v) is 11.7. The highest BCUT2D eigenvalue weighted by atomic mass is 32.2. The fourth-order valence-corrected chi connectivity index (χ4v) is 6.16. The monoisotopic (exact) mass is 516 g/mol. The van der Waals surface area contributed by atoms with Crippen molar-refractivity contribution in [3.63, 3.8) is 0 Å². The third-order valence-electron chi connectivity index (χ3n) is 7.29. The first-order valence-electron chi connectivity index (χ1n) is 12.4. The topological polar surface area (TPSA) is 100 Å². The minimum absolute atomic E-state index is 0.0498. The van der Waals surface area contributed by atoms with Crippen molar-refractivity contribution in [2.75, 3.05) is 19.5 Å². The number of pyridine rings is 2. The molecule has 4 aromatic heterocycles. The van der Waals surface area contributed by atoms with Crippen LogP contribution in [0, 0.1) is 19.8 Å². The van der Waals surface area contributed by atoms with Crippen molar-refractivity contribution in [1.82, 2.24) is 19.7 Å². The Labute approximate surface area is 215 Å². The Balaban J connectivity index is 1.71. The van der Waals surface area contributed by atoms with Gasteiger partial charge in [-0.1, -0.05) is 35.5 Å². The summed E-state index contributed by atoms with van der Waals surface area (Å²) in [6.45, 7) is 5.19. The van der Waals surface area contributed by atoms with Crippen LogP contribution in [0.15, 0.2) is 64.3 Å². The molecule has 1 aromatic carbocycles. The number of aryl methyl sites for hydroxylation is 2. The molecule has 1 atom stereocenters. The van der Waals surface area contributed by atoms with Crippen LogP contribution in [0.2, 0.25) is 0 Å². The summed E-state index contributed by atoms with van der Waals surface area (Å²) < 4.78 is 38.4. The van der Waals surface area contributed by atoms with Gasteiger partial charge < -0.3 is 13.8 Å². The molecule has 1 unspecified atom stereocenters. The fourth-order valence-electron chi connectivity index (χ4n) is 5.59. The zero-order chi connectivity index (χ0) is 25.7. The summed E-state index contributed by atoms with van der Waals surface area (Å²) in [6, 6.07) is 15.8. The smallest absolute Gasteiger partial charge is 0.192 e. The highest BCUT2D eigenvalue weighted by Gasteiger charge is 2.31. The Kier molecular flexibility index (Phi) is 5.84. The van der Waals surface area contributed by atoms with Gasteiger partial charge in [0.15, 0.2) is 14.9 Å². The molecule has 0 bridgehead atoms. The van der Waals surface area contributed by atoms with Gasteiger partial charge in [0.1, 0.15) is 11.4 Å². The normalized spacial score (nSPS) is 16.0. The van der Waals surface area contributed by atoms with E-state index in [1.165, 1.54) is 6.26 Å². The number of sulfone groups is 1. The average molecular weight is 517 g/mol. The van der Waals surface area contributed by atoms with E-state index in [4.69, 9.17) is 19.2 Å². The largest absolute Gasteiger partial charge is 0.381 e. The first-order valence-corrected chi connectivity index (χ1v) is 14.3. The van der Waals surface area contributed by atoms with Gasteiger partial charge in [0, 0.05) is 42.2 Å². The van der Waals surface area contributed by atoms with E-state index < -0.39 is 9.84 Å². The Morgan fingerprint density at radius 3 is 2.49 bits per heavy atom. The maximum atomic E-state index is 12.5. The molecule has 0 amide bonds. The average Bonchev–Trinajstić information content (AvgIpc) is 3.40. The summed E-state index contributed by atoms with van der Waals surface area (Å²) >= 11 is 0. The first kappa shape index (κ1) is 23.8. The number of ether oxygens (including phenoxy) is 1. The van der Waals surface area contributed by atoms with E-state index in [2.05, 4.69) is 27.9 Å². The lowest BCUT2D eigenvalue weighted by molar-refractivity contribution is 0.0552. The lowest BCUT2D eigenvalue weighted by Gasteiger charge is -2.32. The molecular weight excluding hydrogens is 488 g/mol. The molecule has 5 aromatic rings. The van der Waals surface area contributed by atoms with Crippen molar-refractivity contribution in [2.24, 2.45) is 5.92 Å². The summed E-state index contributed by atoms with van der Waals surface area (Å²) in [7, 11) is -3.50. The number of nitrogens with zero attached hydrogens (tertiary/aromatic N) is 4. The maximum absolute atomic E-state index is 12.5. The van der Waals surface area contributed by atoms with E-state index >= 15 is 0 Å². The van der Waals surface area contributed by atoms with E-state index in [1.54, 1.807) is 6.07 Å². The van der Waals surface area contributed by atoms with Gasteiger partial charge in [-0.15, -0.1) is 0 Å². The van der Waals surface area contributed by atoms with E-state index in [9.17, 15) is 8.42 Å². The minimum atomic E-state index is -3.50. The molecule has 1 saturated heterocycles. The Morgan fingerprint density at radius 1 is 1.05 bits per heavy atom. The Morgan fingerprint density at radius 2 is 1.81 bits per heavy atom. The number of benzene rings is 1. The predicted molar refractivity (Wildman–Crippen MR) is 141 cm³/mol. The summed E-state index contributed by atoms with van der Waals surface area (Å²) in [5.74, 6) is 1.00. The van der Waals surface area contributed by atoms with Gasteiger partial charge in [-0.05, 0) is 56.4 Å². The molecule has 37 heavy (non-hydrogen) atoms. The van der Waals surface area contributed by atoms with E-state index in [-0.39, 0.29) is 17.0 Å². The molecule has 0 radical (unpaired) electrons. The van der Waals surface area contributed by atoms with E-state index in [0.717, 1.165) is 57.4 Å². The number of aromatic nitrogens is 4. The number of hydrogen-bond donors (Lipinski definition) is 0. The standard InChI is InChI=1S/C28H28N4O4S/c1-17-25(18(2)36-31-17)21-15-23-26(29-16-21)22-9-10-24(37(3,33)34)30-28(22)32(23)27(19-7-5-4-6-8-19)20-11-13-35-14-12-20/h4-10,15-16,20,27H,11-14H2,1-3H3. The van der Waals surface area contributed by atoms with Crippen LogP contribution in [0.4, 0.5) is 0 Å². The van der Waals surface area contributed by atoms with Gasteiger partial charge >= 0.3 is 0 Å². The van der Waals surface area contributed by atoms with Crippen molar-refractivity contribution in [3.05, 3.63) is 71.7 Å². The van der Waals surface area contributed by atoms with E-state index in [0.29, 0.717) is 18.9 Å². The second kappa shape index (κ2) is 9.08. The summed E-state index contributed by atoms with van der Waals surface area (Å²) in [5.41, 5.74) is 6.04. The molecule has 6 rings (SSSR count). The van der Waals surface area contributed by atoms with Gasteiger partial charge in [0.05, 0.1) is 22.8 Å². The van der Waals surface area contributed by atoms with Crippen molar-refractivity contribution in [2.45, 2.75) is 37.8 Å². The molecule has 190 valence electrons. The number of rotatable bonds is 5. The zero-order valence-corrected chi connectivity index (χ0v) is 21.8. The number of hydrogen-bond acceptors (Lipinski definition) is 7. The summed E-state index contributed by atoms with van der Waals surface area (Å²) in [5, 5.41) is 5.00. The van der Waals surface area contributed by atoms with Crippen LogP contribution in [0.25, 0.3) is 33.2 Å². The van der Waals surface area contributed by atoms with Gasteiger partial charge in [0.25, 0.3) is 0 Å². The van der Waals surface area contributed by atoms with Crippen LogP contribution in [0.5, 0.6) is 0 Å². The van der Waals surface area contributed by atoms with Crippen LogP contribution in [-0.4, -0.2) is 47.6 Å². The molecule has 1 fully saturated rings. The quantitative estimate of drug-likeness (QED) is 0.313. The second-order valence-electron chi connectivity index (χ2n) is 9.76. The summed E-state index contributed by atoms with van der Waals surface area (Å²) in [4.78, 5) is 9.60. The highest BCUT2D eigenvalue weighted by molar-refractivity contribution is 7.90. The Bertz CT molecular complexity index is 1700. The molecule has 0 spiro atoms. The lowest BCUT2D eigenvalue weighted by Crippen LogP contribution is -2.27. The first-order chi connectivity index (χ1) is 17.8. The van der Waals surface area contributed by atoms with Gasteiger partial charge in [-0.25, -0.2) is 13.4 Å². The molecule has 1 aliphatic rings. The van der Waals surface area contributed by atoms with Gasteiger partial charge in [-0.3, -0.25) is 4.98 Å². The summed E-state index contributed by atoms with van der Waals surface area (Å²) in [6.07, 6.45) is 4.80. The highest BCUT2D eigenvalue weighted by Crippen LogP contribution is 2.41. The van der Waals surface area contributed by atoms with Crippen LogP contribution in [0.3, 0.4) is 0 Å².